The Morgan fingerprint density at radius 3 is 2.58 bits per heavy atom. The number of anilines is 3. The van der Waals surface area contributed by atoms with Gasteiger partial charge in [-0.25, -0.2) is 27.9 Å². The lowest BCUT2D eigenvalue weighted by atomic mass is 10.1. The summed E-state index contributed by atoms with van der Waals surface area (Å²) in [4.78, 5) is 26.4. The number of nitrogens with one attached hydrogen (secondary N) is 2. The summed E-state index contributed by atoms with van der Waals surface area (Å²) in [6.45, 7) is 1.83. The summed E-state index contributed by atoms with van der Waals surface area (Å²) in [5.41, 5.74) is 7.95. The second kappa shape index (κ2) is 10.6. The number of nitrogens with two attached hydrogens (primary N) is 1. The number of fused-ring (bicyclic) bond motifs is 1. The third kappa shape index (κ3) is 5.20. The van der Waals surface area contributed by atoms with E-state index in [9.17, 15) is 13.2 Å². The van der Waals surface area contributed by atoms with Gasteiger partial charge in [0.2, 0.25) is 15.9 Å². The number of pyridine rings is 1. The maximum Gasteiger partial charge on any atom is 0.283 e. The number of sulfonamides is 1. The molecule has 0 saturated carbocycles. The lowest BCUT2D eigenvalue weighted by Gasteiger charge is -2.21. The highest BCUT2D eigenvalue weighted by atomic mass is 79.9. The van der Waals surface area contributed by atoms with Crippen LogP contribution in [0.3, 0.4) is 0 Å². The Kier molecular flexibility index (Phi) is 7.16. The molecule has 13 nitrogen and oxygen atoms in total. The summed E-state index contributed by atoms with van der Waals surface area (Å²) < 4.78 is 35.1. The van der Waals surface area contributed by atoms with Crippen molar-refractivity contribution in [3.8, 4) is 22.7 Å². The maximum atomic E-state index is 13.7. The lowest BCUT2D eigenvalue weighted by molar-refractivity contribution is 0.400. The number of benzene rings is 1. The summed E-state index contributed by atoms with van der Waals surface area (Å²) in [6, 6.07) is 11.9. The molecule has 4 aromatic heterocycles. The summed E-state index contributed by atoms with van der Waals surface area (Å²) in [5, 5.41) is 8.03. The molecule has 5 rings (SSSR count). The van der Waals surface area contributed by atoms with E-state index in [1.807, 2.05) is 37.3 Å². The number of rotatable bonds is 8. The molecule has 0 saturated heterocycles. The van der Waals surface area contributed by atoms with Gasteiger partial charge in [-0.3, -0.25) is 14.1 Å². The molecule has 5 aromatic rings. The highest BCUT2D eigenvalue weighted by Gasteiger charge is 2.23. The van der Waals surface area contributed by atoms with E-state index < -0.39 is 16.1 Å². The number of halogens is 1. The Balaban J connectivity index is 1.63. The standard InChI is InChI=1S/C25H24BrN9O4S/c1-14(23-32-34-10-9-17(26)20(34)25(36)35(23)16-7-5-4-6-8-16)31-22-19(21(27)29-13-30-22)15-11-18(33-40(3,37)38)24(39-2)28-12-15/h4-14,33H,1-3H3,(H3,27,29,30,31)/t14-/m0/s1. The number of methoxy groups -OCH3 is 1. The molecule has 206 valence electrons. The van der Waals surface area contributed by atoms with Crippen LogP contribution in [0, 0.1) is 0 Å². The first-order valence-corrected chi connectivity index (χ1v) is 14.5. The van der Waals surface area contributed by atoms with Crippen molar-refractivity contribution < 1.29 is 13.2 Å². The van der Waals surface area contributed by atoms with E-state index in [4.69, 9.17) is 15.6 Å². The van der Waals surface area contributed by atoms with Crippen LogP contribution in [0.4, 0.5) is 17.3 Å². The molecular weight excluding hydrogens is 602 g/mol. The molecule has 4 heterocycles. The van der Waals surface area contributed by atoms with Gasteiger partial charge in [-0.1, -0.05) is 18.2 Å². The zero-order chi connectivity index (χ0) is 28.6. The Bertz CT molecular complexity index is 1890. The summed E-state index contributed by atoms with van der Waals surface area (Å²) in [7, 11) is -2.25. The fourth-order valence-electron chi connectivity index (χ4n) is 4.24. The molecule has 15 heteroatoms. The average Bonchev–Trinajstić information content (AvgIpc) is 3.29. The molecule has 1 aromatic carbocycles. The summed E-state index contributed by atoms with van der Waals surface area (Å²) in [5.74, 6) is 0.928. The lowest BCUT2D eigenvalue weighted by Crippen LogP contribution is -2.29. The normalized spacial score (nSPS) is 12.3. The molecule has 40 heavy (non-hydrogen) atoms. The largest absolute Gasteiger partial charge is 0.480 e. The minimum absolute atomic E-state index is 0.0785. The van der Waals surface area contributed by atoms with E-state index in [1.54, 1.807) is 12.3 Å². The minimum atomic E-state index is -3.63. The molecule has 0 unspecified atom stereocenters. The van der Waals surface area contributed by atoms with Gasteiger partial charge in [0.1, 0.15) is 29.2 Å². The first-order chi connectivity index (χ1) is 19.1. The molecule has 0 amide bonds. The van der Waals surface area contributed by atoms with Crippen molar-refractivity contribution in [2.45, 2.75) is 13.0 Å². The topological polar surface area (TPSA) is 171 Å². The van der Waals surface area contributed by atoms with Gasteiger partial charge in [0.15, 0.2) is 5.82 Å². The number of para-hydroxylation sites is 1. The number of ether oxygens (including phenoxy) is 1. The molecule has 1 atom stereocenters. The van der Waals surface area contributed by atoms with Gasteiger partial charge in [0, 0.05) is 18.0 Å². The van der Waals surface area contributed by atoms with Gasteiger partial charge < -0.3 is 15.8 Å². The van der Waals surface area contributed by atoms with Crippen molar-refractivity contribution in [1.82, 2.24) is 29.1 Å². The van der Waals surface area contributed by atoms with E-state index in [-0.39, 0.29) is 22.9 Å². The molecule has 0 fully saturated rings. The van der Waals surface area contributed by atoms with Crippen molar-refractivity contribution in [1.29, 1.82) is 0 Å². The van der Waals surface area contributed by atoms with Crippen molar-refractivity contribution >= 4 is 48.8 Å². The minimum Gasteiger partial charge on any atom is -0.480 e. The van der Waals surface area contributed by atoms with E-state index in [0.717, 1.165) is 6.26 Å². The van der Waals surface area contributed by atoms with Crippen molar-refractivity contribution in [2.75, 3.05) is 29.1 Å². The Morgan fingerprint density at radius 1 is 1.12 bits per heavy atom. The van der Waals surface area contributed by atoms with Crippen LogP contribution in [-0.4, -0.2) is 50.9 Å². The molecule has 0 bridgehead atoms. The fraction of sp³-hybridized carbons (Fsp3) is 0.160. The van der Waals surface area contributed by atoms with Crippen LogP contribution in [0.2, 0.25) is 0 Å². The monoisotopic (exact) mass is 625 g/mol. The highest BCUT2D eigenvalue weighted by molar-refractivity contribution is 9.10. The number of hydrogen-bond acceptors (Lipinski definition) is 10. The van der Waals surface area contributed by atoms with Crippen molar-refractivity contribution in [3.05, 3.63) is 81.8 Å². The Hall–Kier alpha value is -4.50. The van der Waals surface area contributed by atoms with Crippen LogP contribution < -0.4 is 26.1 Å². The molecule has 0 aliphatic rings. The predicted molar refractivity (Wildman–Crippen MR) is 155 cm³/mol. The molecular formula is C25H24BrN9O4S. The van der Waals surface area contributed by atoms with Crippen molar-refractivity contribution in [3.63, 3.8) is 0 Å². The Morgan fingerprint density at radius 2 is 1.88 bits per heavy atom. The Labute approximate surface area is 237 Å². The zero-order valence-electron chi connectivity index (χ0n) is 21.5. The molecule has 0 radical (unpaired) electrons. The second-order valence-electron chi connectivity index (χ2n) is 8.79. The maximum absolute atomic E-state index is 13.7. The third-order valence-corrected chi connectivity index (χ3v) is 7.15. The van der Waals surface area contributed by atoms with Crippen LogP contribution in [-0.2, 0) is 10.0 Å². The van der Waals surface area contributed by atoms with E-state index in [0.29, 0.717) is 38.4 Å². The third-order valence-electron chi connectivity index (χ3n) is 5.92. The predicted octanol–water partition coefficient (Wildman–Crippen LogP) is 3.24. The number of aromatic nitrogens is 6. The SMILES string of the molecule is COc1ncc(-c2c(N)ncnc2N[C@@H](C)c2nn3ccc(Br)c3c(=O)n2-c2ccccc2)cc1NS(C)(=O)=O. The van der Waals surface area contributed by atoms with Gasteiger partial charge in [0.25, 0.3) is 5.56 Å². The van der Waals surface area contributed by atoms with Crippen LogP contribution in [0.15, 0.2) is 70.5 Å². The first-order valence-electron chi connectivity index (χ1n) is 11.8. The number of nitrogen functional groups attached to an aromatic ring is 1. The number of hydrogen-bond donors (Lipinski definition) is 3. The van der Waals surface area contributed by atoms with Crippen LogP contribution in [0.1, 0.15) is 18.8 Å². The molecule has 4 N–H and O–H groups in total. The first kappa shape index (κ1) is 27.1. The smallest absolute Gasteiger partial charge is 0.283 e. The van der Waals surface area contributed by atoms with Gasteiger partial charge in [0.05, 0.1) is 35.1 Å². The zero-order valence-corrected chi connectivity index (χ0v) is 23.9. The summed E-state index contributed by atoms with van der Waals surface area (Å²) >= 11 is 3.44. The van der Waals surface area contributed by atoms with Gasteiger partial charge in [-0.05, 0) is 47.1 Å². The van der Waals surface area contributed by atoms with Gasteiger partial charge in [-0.15, -0.1) is 0 Å². The quantitative estimate of drug-likeness (QED) is 0.232. The molecule has 0 aliphatic heterocycles. The molecule has 0 spiro atoms. The molecule has 0 aliphatic carbocycles. The van der Waals surface area contributed by atoms with Crippen molar-refractivity contribution in [2.24, 2.45) is 0 Å². The highest BCUT2D eigenvalue weighted by Crippen LogP contribution is 2.36. The van der Waals surface area contributed by atoms with Crippen LogP contribution >= 0.6 is 15.9 Å². The second-order valence-corrected chi connectivity index (χ2v) is 11.4. The number of nitrogens with zero attached hydrogens (tertiary/aromatic N) is 6. The van der Waals surface area contributed by atoms with Gasteiger partial charge in [-0.2, -0.15) is 5.10 Å². The fourth-order valence-corrected chi connectivity index (χ4v) is 5.26. The summed E-state index contributed by atoms with van der Waals surface area (Å²) in [6.07, 6.45) is 5.48. The van der Waals surface area contributed by atoms with E-state index >= 15 is 0 Å². The average molecular weight is 626 g/mol. The van der Waals surface area contributed by atoms with Crippen LogP contribution in [0.25, 0.3) is 22.3 Å². The van der Waals surface area contributed by atoms with E-state index in [2.05, 4.69) is 40.9 Å². The van der Waals surface area contributed by atoms with E-state index in [1.165, 1.54) is 34.8 Å². The van der Waals surface area contributed by atoms with Crippen LogP contribution in [0.5, 0.6) is 5.88 Å². The van der Waals surface area contributed by atoms with Gasteiger partial charge >= 0.3 is 0 Å².